The third kappa shape index (κ3) is 5.84. The smallest absolute Gasteiger partial charge is 0.410 e. The molecule has 1 aliphatic heterocycles. The first-order valence-electron chi connectivity index (χ1n) is 13.0. The van der Waals surface area contributed by atoms with E-state index in [-0.39, 0.29) is 22.1 Å². The first-order valence-corrected chi connectivity index (χ1v) is 13.0. The van der Waals surface area contributed by atoms with E-state index in [1.54, 1.807) is 28.1 Å². The van der Waals surface area contributed by atoms with Crippen LogP contribution in [0.25, 0.3) is 33.8 Å². The van der Waals surface area contributed by atoms with E-state index >= 15 is 0 Å². The van der Waals surface area contributed by atoms with Crippen molar-refractivity contribution in [1.82, 2.24) is 29.7 Å². The third-order valence-electron chi connectivity index (χ3n) is 6.52. The molecule has 39 heavy (non-hydrogen) atoms. The fourth-order valence-electron chi connectivity index (χ4n) is 4.54. The molecule has 1 aliphatic rings. The van der Waals surface area contributed by atoms with E-state index in [0.717, 1.165) is 22.2 Å². The number of anilines is 1. The van der Waals surface area contributed by atoms with Gasteiger partial charge in [-0.3, -0.25) is 4.79 Å². The Bertz CT molecular complexity index is 1540. The number of nitrogens with two attached hydrogens (primary N) is 1. The van der Waals surface area contributed by atoms with E-state index < -0.39 is 5.60 Å². The lowest BCUT2D eigenvalue weighted by Crippen LogP contribution is -2.40. The van der Waals surface area contributed by atoms with Crippen LogP contribution in [0.4, 0.5) is 10.6 Å². The Morgan fingerprint density at radius 2 is 1.72 bits per heavy atom. The molecule has 0 radical (unpaired) electrons. The highest BCUT2D eigenvalue weighted by Crippen LogP contribution is 2.27. The normalized spacial score (nSPS) is 14.4. The maximum atomic E-state index is 13.2. The Labute approximate surface area is 231 Å². The molecule has 4 aromatic rings. The van der Waals surface area contributed by atoms with Crippen molar-refractivity contribution in [2.24, 2.45) is 0 Å². The predicted octanol–water partition coefficient (Wildman–Crippen LogP) is 5.40. The summed E-state index contributed by atoms with van der Waals surface area (Å²) in [6.07, 6.45) is 1.96. The van der Waals surface area contributed by atoms with Crippen molar-refractivity contribution in [3.63, 3.8) is 0 Å². The SMILES string of the molecule is Cc1ccc2nc(-c3nc(-c4ccc(C(=O)N5CCCN(C(=O)OC(C)(C)C)CC5)cc4)cnc3N)[nH]c2c1.[HH].[HH].[HH]. The lowest BCUT2D eigenvalue weighted by atomic mass is 10.1. The molecule has 1 saturated heterocycles. The number of carbonyl (C=O) groups is 2. The molecule has 5 rings (SSSR count). The molecule has 0 unspecified atom stereocenters. The second-order valence-electron chi connectivity index (χ2n) is 10.8. The average molecular weight is 534 g/mol. The summed E-state index contributed by atoms with van der Waals surface area (Å²) in [5.74, 6) is 0.757. The molecule has 2 amide bonds. The summed E-state index contributed by atoms with van der Waals surface area (Å²) in [4.78, 5) is 46.1. The van der Waals surface area contributed by atoms with Crippen LogP contribution in [0.1, 0.15) is 47.4 Å². The van der Waals surface area contributed by atoms with Crippen LogP contribution in [0.2, 0.25) is 0 Å². The molecule has 3 heterocycles. The summed E-state index contributed by atoms with van der Waals surface area (Å²) < 4.78 is 5.49. The number of aromatic nitrogens is 4. The number of rotatable bonds is 3. The zero-order chi connectivity index (χ0) is 27.7. The van der Waals surface area contributed by atoms with Crippen molar-refractivity contribution in [2.75, 3.05) is 31.9 Å². The Kier molecular flexibility index (Phi) is 6.94. The Hall–Kier alpha value is -4.47. The number of nitrogens with one attached hydrogen (secondary N) is 1. The first kappa shape index (κ1) is 26.1. The summed E-state index contributed by atoms with van der Waals surface area (Å²) in [6.45, 7) is 9.57. The van der Waals surface area contributed by atoms with Gasteiger partial charge in [0.2, 0.25) is 0 Å². The van der Waals surface area contributed by atoms with Gasteiger partial charge in [0, 0.05) is 41.6 Å². The first-order chi connectivity index (χ1) is 18.6. The number of aromatic amines is 1. The van der Waals surface area contributed by atoms with Crippen LogP contribution in [-0.4, -0.2) is 73.5 Å². The Morgan fingerprint density at radius 3 is 2.46 bits per heavy atom. The van der Waals surface area contributed by atoms with Crippen LogP contribution < -0.4 is 5.73 Å². The predicted molar refractivity (Wildman–Crippen MR) is 156 cm³/mol. The van der Waals surface area contributed by atoms with E-state index in [0.29, 0.717) is 55.4 Å². The Morgan fingerprint density at radius 1 is 1.00 bits per heavy atom. The minimum Gasteiger partial charge on any atom is -0.444 e. The Balaban J connectivity index is 0.00000205. The highest BCUT2D eigenvalue weighted by molar-refractivity contribution is 5.94. The molecule has 2 aromatic carbocycles. The molecule has 208 valence electrons. The monoisotopic (exact) mass is 533 g/mol. The highest BCUT2D eigenvalue weighted by Gasteiger charge is 2.26. The van der Waals surface area contributed by atoms with Gasteiger partial charge >= 0.3 is 6.09 Å². The number of fused-ring (bicyclic) bond motifs is 1. The van der Waals surface area contributed by atoms with Crippen LogP contribution in [0.15, 0.2) is 48.7 Å². The number of aryl methyl sites for hydroxylation is 1. The molecule has 10 heteroatoms. The summed E-state index contributed by atoms with van der Waals surface area (Å²) in [6, 6.07) is 13.3. The zero-order valence-corrected chi connectivity index (χ0v) is 22.7. The topological polar surface area (TPSA) is 130 Å². The van der Waals surface area contributed by atoms with Crippen LogP contribution in [0, 0.1) is 6.92 Å². The molecule has 0 saturated carbocycles. The number of H-pyrrole nitrogens is 1. The molecule has 1 fully saturated rings. The number of imidazole rings is 1. The molecule has 0 bridgehead atoms. The van der Waals surface area contributed by atoms with Crippen molar-refractivity contribution in [2.45, 2.75) is 39.7 Å². The minimum atomic E-state index is -0.554. The van der Waals surface area contributed by atoms with Gasteiger partial charge in [0.1, 0.15) is 11.3 Å². The maximum absolute atomic E-state index is 13.2. The number of amides is 2. The standard InChI is InChI=1S/C29H33N7O3.3H2/c1-18-6-11-21-22(16-18)34-26(33-21)24-25(30)31-17-23(32-24)19-7-9-20(10-8-19)27(37)35-12-5-13-36(15-14-35)28(38)39-29(2,3)4;;;/h6-11,16-17H,5,12-15H2,1-4H3,(H2,30,31)(H,33,34);3*1H. The lowest BCUT2D eigenvalue weighted by molar-refractivity contribution is 0.0255. The molecular formula is C29H39N7O3. The van der Waals surface area contributed by atoms with E-state index in [1.165, 1.54) is 0 Å². The minimum absolute atomic E-state index is 0. The van der Waals surface area contributed by atoms with Gasteiger partial charge in [0.25, 0.3) is 5.91 Å². The van der Waals surface area contributed by atoms with E-state index in [9.17, 15) is 9.59 Å². The molecule has 0 aliphatic carbocycles. The second-order valence-corrected chi connectivity index (χ2v) is 10.8. The maximum Gasteiger partial charge on any atom is 0.410 e. The number of benzene rings is 2. The number of carbonyl (C=O) groups excluding carboxylic acids is 2. The van der Waals surface area contributed by atoms with Crippen LogP contribution in [-0.2, 0) is 4.74 Å². The molecule has 0 spiro atoms. The van der Waals surface area contributed by atoms with Crippen LogP contribution >= 0.6 is 0 Å². The zero-order valence-electron chi connectivity index (χ0n) is 22.7. The number of nitrogens with zero attached hydrogens (tertiary/aromatic N) is 5. The highest BCUT2D eigenvalue weighted by atomic mass is 16.6. The van der Waals surface area contributed by atoms with Gasteiger partial charge < -0.3 is 25.3 Å². The van der Waals surface area contributed by atoms with E-state index in [4.69, 9.17) is 15.5 Å². The van der Waals surface area contributed by atoms with Gasteiger partial charge in [0.05, 0.1) is 22.9 Å². The van der Waals surface area contributed by atoms with E-state index in [1.807, 2.05) is 58.0 Å². The quantitative estimate of drug-likeness (QED) is 0.361. The largest absolute Gasteiger partial charge is 0.444 e. The van der Waals surface area contributed by atoms with Gasteiger partial charge in [0.15, 0.2) is 11.6 Å². The summed E-state index contributed by atoms with van der Waals surface area (Å²) in [5, 5.41) is 0. The third-order valence-corrected chi connectivity index (χ3v) is 6.52. The van der Waals surface area contributed by atoms with Gasteiger partial charge in [-0.25, -0.2) is 19.7 Å². The van der Waals surface area contributed by atoms with Gasteiger partial charge in [-0.05, 0) is 63.9 Å². The molecular weight excluding hydrogens is 494 g/mol. The molecule has 3 N–H and O–H groups in total. The summed E-state index contributed by atoms with van der Waals surface area (Å²) in [7, 11) is 0. The van der Waals surface area contributed by atoms with Gasteiger partial charge in [-0.2, -0.15) is 0 Å². The molecule has 0 atom stereocenters. The van der Waals surface area contributed by atoms with Crippen molar-refractivity contribution in [1.29, 1.82) is 0 Å². The van der Waals surface area contributed by atoms with E-state index in [2.05, 4.69) is 15.0 Å². The van der Waals surface area contributed by atoms with Crippen LogP contribution in [0.3, 0.4) is 0 Å². The van der Waals surface area contributed by atoms with Crippen molar-refractivity contribution in [3.05, 3.63) is 59.8 Å². The fourth-order valence-corrected chi connectivity index (χ4v) is 4.54. The average Bonchev–Trinajstić information content (AvgIpc) is 3.14. The van der Waals surface area contributed by atoms with Crippen LogP contribution in [0.5, 0.6) is 0 Å². The van der Waals surface area contributed by atoms with Gasteiger partial charge in [-0.1, -0.05) is 18.2 Å². The van der Waals surface area contributed by atoms with Crippen molar-refractivity contribution >= 4 is 28.9 Å². The van der Waals surface area contributed by atoms with Crippen molar-refractivity contribution in [3.8, 4) is 22.8 Å². The number of ether oxygens (including phenoxy) is 1. The number of hydrogen-bond acceptors (Lipinski definition) is 7. The number of hydrogen-bond donors (Lipinski definition) is 2. The summed E-state index contributed by atoms with van der Waals surface area (Å²) in [5.41, 5.74) is 10.9. The summed E-state index contributed by atoms with van der Waals surface area (Å²) >= 11 is 0. The number of nitrogen functional groups attached to an aromatic ring is 1. The second kappa shape index (κ2) is 10.4. The van der Waals surface area contributed by atoms with Gasteiger partial charge in [-0.15, -0.1) is 0 Å². The van der Waals surface area contributed by atoms with Crippen molar-refractivity contribution < 1.29 is 18.6 Å². The fraction of sp³-hybridized carbons (Fsp3) is 0.345. The lowest BCUT2D eigenvalue weighted by Gasteiger charge is -2.26. The molecule has 2 aromatic heterocycles. The molecule has 10 nitrogen and oxygen atoms in total.